The molecule has 0 aromatic heterocycles. The molecule has 1 aromatic carbocycles. The Hall–Kier alpha value is -1.09. The number of nitrogens with two attached hydrogens (primary N) is 1. The Morgan fingerprint density at radius 3 is 2.24 bits per heavy atom. The van der Waals surface area contributed by atoms with Crippen molar-refractivity contribution in [1.82, 2.24) is 0 Å². The molecule has 0 heterocycles. The third-order valence-electron chi connectivity index (χ3n) is 3.03. The van der Waals surface area contributed by atoms with Crippen LogP contribution in [0.3, 0.4) is 0 Å². The first kappa shape index (κ1) is 14.0. The molecule has 1 rings (SSSR count). The smallest absolute Gasteiger partial charge is 0.126 e. The van der Waals surface area contributed by atoms with Gasteiger partial charge in [-0.2, -0.15) is 0 Å². The van der Waals surface area contributed by atoms with Gasteiger partial charge in [-0.15, -0.1) is 0 Å². The van der Waals surface area contributed by atoms with Crippen molar-refractivity contribution < 1.29 is 9.13 Å². The Balaban J connectivity index is 3.08. The van der Waals surface area contributed by atoms with E-state index in [1.807, 2.05) is 13.8 Å². The maximum Gasteiger partial charge on any atom is 0.126 e. The Labute approximate surface area is 103 Å². The summed E-state index contributed by atoms with van der Waals surface area (Å²) in [7, 11) is 0. The van der Waals surface area contributed by atoms with Gasteiger partial charge in [-0.1, -0.05) is 13.8 Å². The predicted molar refractivity (Wildman–Crippen MR) is 68.7 cm³/mol. The van der Waals surface area contributed by atoms with E-state index in [0.717, 1.165) is 5.56 Å². The minimum Gasteiger partial charge on any atom is -0.490 e. The van der Waals surface area contributed by atoms with Gasteiger partial charge in [0.25, 0.3) is 0 Å². The van der Waals surface area contributed by atoms with E-state index in [9.17, 15) is 4.39 Å². The minimum atomic E-state index is -0.237. The van der Waals surface area contributed by atoms with Gasteiger partial charge in [0.05, 0.1) is 6.10 Å². The quantitative estimate of drug-likeness (QED) is 0.871. The van der Waals surface area contributed by atoms with Gasteiger partial charge in [-0.3, -0.25) is 0 Å². The van der Waals surface area contributed by atoms with Crippen LogP contribution in [0.15, 0.2) is 12.1 Å². The number of hydrogen-bond acceptors (Lipinski definition) is 2. The van der Waals surface area contributed by atoms with Gasteiger partial charge in [0, 0.05) is 11.6 Å². The molecule has 2 N–H and O–H groups in total. The Kier molecular flexibility index (Phi) is 4.52. The zero-order valence-electron chi connectivity index (χ0n) is 11.3. The molecule has 0 bridgehead atoms. The third-order valence-corrected chi connectivity index (χ3v) is 3.03. The van der Waals surface area contributed by atoms with Gasteiger partial charge in [0.1, 0.15) is 11.6 Å². The molecule has 2 nitrogen and oxygen atoms in total. The van der Waals surface area contributed by atoms with E-state index in [1.165, 1.54) is 6.07 Å². The number of rotatable bonds is 4. The number of halogens is 1. The molecule has 96 valence electrons. The first-order chi connectivity index (χ1) is 7.82. The average molecular weight is 239 g/mol. The van der Waals surface area contributed by atoms with Crippen LogP contribution in [0.25, 0.3) is 0 Å². The van der Waals surface area contributed by atoms with Gasteiger partial charge >= 0.3 is 0 Å². The maximum atomic E-state index is 13.5. The summed E-state index contributed by atoms with van der Waals surface area (Å²) >= 11 is 0. The number of ether oxygens (including phenoxy) is 1. The number of aryl methyl sites for hydroxylation is 1. The van der Waals surface area contributed by atoms with E-state index >= 15 is 0 Å². The van der Waals surface area contributed by atoms with Gasteiger partial charge in [-0.25, -0.2) is 4.39 Å². The second-order valence-corrected chi connectivity index (χ2v) is 4.99. The highest BCUT2D eigenvalue weighted by molar-refractivity contribution is 5.40. The lowest BCUT2D eigenvalue weighted by molar-refractivity contribution is 0.168. The van der Waals surface area contributed by atoms with Crippen molar-refractivity contribution in [2.45, 2.75) is 46.8 Å². The van der Waals surface area contributed by atoms with Crippen LogP contribution in [0.5, 0.6) is 5.75 Å². The zero-order valence-corrected chi connectivity index (χ0v) is 11.3. The molecule has 0 aliphatic carbocycles. The van der Waals surface area contributed by atoms with Crippen LogP contribution in [0.4, 0.5) is 4.39 Å². The maximum absolute atomic E-state index is 13.5. The molecule has 0 spiro atoms. The standard InChI is InChI=1S/C14H22FNO/c1-8(2)11(5)17-14-6-9(3)13(15)7-12(14)10(4)16/h6-8,10-11H,16H2,1-5H3/t10-,11?/m1/s1. The Morgan fingerprint density at radius 2 is 1.76 bits per heavy atom. The highest BCUT2D eigenvalue weighted by Gasteiger charge is 2.16. The van der Waals surface area contributed by atoms with E-state index in [1.54, 1.807) is 13.0 Å². The van der Waals surface area contributed by atoms with Gasteiger partial charge in [0.15, 0.2) is 0 Å². The molecule has 0 saturated carbocycles. The van der Waals surface area contributed by atoms with Crippen molar-refractivity contribution in [1.29, 1.82) is 0 Å². The fourth-order valence-corrected chi connectivity index (χ4v) is 1.46. The summed E-state index contributed by atoms with van der Waals surface area (Å²) in [5, 5.41) is 0. The Morgan fingerprint density at radius 1 is 1.18 bits per heavy atom. The summed E-state index contributed by atoms with van der Waals surface area (Å²) in [6.07, 6.45) is 0.0809. The zero-order chi connectivity index (χ0) is 13.2. The first-order valence-corrected chi connectivity index (χ1v) is 6.05. The molecule has 0 fully saturated rings. The van der Waals surface area contributed by atoms with Crippen LogP contribution in [0, 0.1) is 18.7 Å². The molecule has 1 aromatic rings. The van der Waals surface area contributed by atoms with Crippen LogP contribution in [-0.2, 0) is 0 Å². The minimum absolute atomic E-state index is 0.0809. The molecule has 0 amide bonds. The predicted octanol–water partition coefficient (Wildman–Crippen LogP) is 3.58. The summed E-state index contributed by atoms with van der Waals surface area (Å²) in [5.74, 6) is 0.864. The van der Waals surface area contributed by atoms with Crippen LogP contribution < -0.4 is 10.5 Å². The topological polar surface area (TPSA) is 35.2 Å². The molecular formula is C14H22FNO. The highest BCUT2D eigenvalue weighted by Crippen LogP contribution is 2.28. The molecule has 0 saturated heterocycles. The van der Waals surface area contributed by atoms with Gasteiger partial charge in [-0.05, 0) is 44.4 Å². The monoisotopic (exact) mass is 239 g/mol. The van der Waals surface area contributed by atoms with E-state index in [2.05, 4.69) is 13.8 Å². The van der Waals surface area contributed by atoms with Crippen molar-refractivity contribution in [2.75, 3.05) is 0 Å². The molecular weight excluding hydrogens is 217 g/mol. The lowest BCUT2D eigenvalue weighted by atomic mass is 10.0. The number of hydrogen-bond donors (Lipinski definition) is 1. The normalized spacial score (nSPS) is 14.8. The molecule has 0 aliphatic rings. The molecule has 3 heteroatoms. The first-order valence-electron chi connectivity index (χ1n) is 6.05. The summed E-state index contributed by atoms with van der Waals surface area (Å²) in [6, 6.07) is 2.97. The number of benzene rings is 1. The van der Waals surface area contributed by atoms with Crippen LogP contribution in [0.2, 0.25) is 0 Å². The van der Waals surface area contributed by atoms with Crippen LogP contribution in [-0.4, -0.2) is 6.10 Å². The van der Waals surface area contributed by atoms with E-state index in [0.29, 0.717) is 17.2 Å². The second-order valence-electron chi connectivity index (χ2n) is 4.99. The molecule has 0 aliphatic heterocycles. The van der Waals surface area contributed by atoms with E-state index in [-0.39, 0.29) is 18.0 Å². The largest absolute Gasteiger partial charge is 0.490 e. The SMILES string of the molecule is Cc1cc(OC(C)C(C)C)c([C@@H](C)N)cc1F. The van der Waals surface area contributed by atoms with Gasteiger partial charge in [0.2, 0.25) is 0 Å². The van der Waals surface area contributed by atoms with Crippen LogP contribution >= 0.6 is 0 Å². The third kappa shape index (κ3) is 3.43. The lowest BCUT2D eigenvalue weighted by Crippen LogP contribution is -2.20. The van der Waals surface area contributed by atoms with Crippen molar-refractivity contribution in [3.8, 4) is 5.75 Å². The second kappa shape index (κ2) is 5.50. The van der Waals surface area contributed by atoms with Crippen molar-refractivity contribution >= 4 is 0 Å². The van der Waals surface area contributed by atoms with E-state index in [4.69, 9.17) is 10.5 Å². The molecule has 17 heavy (non-hydrogen) atoms. The summed E-state index contributed by atoms with van der Waals surface area (Å²) in [5.41, 5.74) is 7.15. The van der Waals surface area contributed by atoms with Crippen LogP contribution in [0.1, 0.15) is 44.9 Å². The van der Waals surface area contributed by atoms with Gasteiger partial charge < -0.3 is 10.5 Å². The van der Waals surface area contributed by atoms with Crippen molar-refractivity contribution in [2.24, 2.45) is 11.7 Å². The Bertz CT molecular complexity index is 388. The van der Waals surface area contributed by atoms with Crippen molar-refractivity contribution in [3.63, 3.8) is 0 Å². The molecule has 1 unspecified atom stereocenters. The fraction of sp³-hybridized carbons (Fsp3) is 0.571. The highest BCUT2D eigenvalue weighted by atomic mass is 19.1. The summed E-state index contributed by atoms with van der Waals surface area (Å²) in [6.45, 7) is 9.75. The summed E-state index contributed by atoms with van der Waals surface area (Å²) < 4.78 is 19.4. The lowest BCUT2D eigenvalue weighted by Gasteiger charge is -2.22. The molecule has 2 atom stereocenters. The fourth-order valence-electron chi connectivity index (χ4n) is 1.46. The van der Waals surface area contributed by atoms with E-state index < -0.39 is 0 Å². The van der Waals surface area contributed by atoms with Crippen molar-refractivity contribution in [3.05, 3.63) is 29.1 Å². The molecule has 0 radical (unpaired) electrons. The summed E-state index contributed by atoms with van der Waals surface area (Å²) in [4.78, 5) is 0. The average Bonchev–Trinajstić information content (AvgIpc) is 2.22.